The molecule has 0 radical (unpaired) electrons. The van der Waals surface area contributed by atoms with E-state index in [1.807, 2.05) is 0 Å². The van der Waals surface area contributed by atoms with Crippen molar-refractivity contribution in [2.75, 3.05) is 19.0 Å². The molecule has 19 heavy (non-hydrogen) atoms. The van der Waals surface area contributed by atoms with Crippen LogP contribution in [0.15, 0.2) is 24.3 Å². The molecule has 7 heteroatoms. The van der Waals surface area contributed by atoms with Gasteiger partial charge >= 0.3 is 5.97 Å². The summed E-state index contributed by atoms with van der Waals surface area (Å²) >= 11 is 0. The highest BCUT2D eigenvalue weighted by Crippen LogP contribution is 2.13. The Hall–Kier alpha value is -1.60. The van der Waals surface area contributed by atoms with Gasteiger partial charge in [-0.2, -0.15) is 8.42 Å². The lowest BCUT2D eigenvalue weighted by Crippen LogP contribution is -2.08. The average molecular weight is 288 g/mol. The van der Waals surface area contributed by atoms with Crippen LogP contribution in [0.5, 0.6) is 5.75 Å². The first-order valence-corrected chi connectivity index (χ1v) is 7.38. The fraction of sp³-hybridized carbons (Fsp3) is 0.417. The molecule has 1 aromatic rings. The van der Waals surface area contributed by atoms with Gasteiger partial charge in [0, 0.05) is 0 Å². The van der Waals surface area contributed by atoms with Gasteiger partial charge in [-0.1, -0.05) is 0 Å². The van der Waals surface area contributed by atoms with Crippen molar-refractivity contribution in [3.8, 4) is 5.75 Å². The first-order chi connectivity index (χ1) is 8.92. The lowest BCUT2D eigenvalue weighted by atomic mass is 10.2. The molecular weight excluding hydrogens is 272 g/mol. The Labute approximate surface area is 112 Å². The van der Waals surface area contributed by atoms with Crippen molar-refractivity contribution < 1.29 is 27.2 Å². The predicted molar refractivity (Wildman–Crippen MR) is 68.9 cm³/mol. The number of benzene rings is 1. The fourth-order valence-corrected chi connectivity index (χ4v) is 1.82. The highest BCUT2D eigenvalue weighted by atomic mass is 32.2. The topological polar surface area (TPSA) is 89.9 Å². The van der Waals surface area contributed by atoms with Crippen LogP contribution < -0.4 is 4.74 Å². The van der Waals surface area contributed by atoms with E-state index in [1.54, 1.807) is 31.2 Å². The predicted octanol–water partition coefficient (Wildman–Crippen LogP) is 1.52. The number of rotatable bonds is 7. The third-order valence-corrected chi connectivity index (χ3v) is 2.99. The Kier molecular flexibility index (Phi) is 5.78. The molecule has 0 heterocycles. The van der Waals surface area contributed by atoms with Crippen LogP contribution in [-0.2, 0) is 14.9 Å². The Morgan fingerprint density at radius 1 is 1.26 bits per heavy atom. The second-order valence-corrected chi connectivity index (χ2v) is 5.30. The van der Waals surface area contributed by atoms with Crippen LogP contribution in [-0.4, -0.2) is 37.9 Å². The summed E-state index contributed by atoms with van der Waals surface area (Å²) in [7, 11) is -3.94. The van der Waals surface area contributed by atoms with Crippen molar-refractivity contribution in [2.24, 2.45) is 0 Å². The van der Waals surface area contributed by atoms with Gasteiger partial charge in [0.25, 0.3) is 10.1 Å². The summed E-state index contributed by atoms with van der Waals surface area (Å²) in [4.78, 5) is 11.4. The maximum absolute atomic E-state index is 11.4. The first-order valence-electron chi connectivity index (χ1n) is 5.77. The molecule has 0 unspecified atom stereocenters. The standard InChI is InChI=1S/C12H16O6S/c1-2-17-12(13)10-4-6-11(7-5-10)18-8-3-9-19(14,15)16/h4-7H,2-3,8-9H2,1H3,(H,14,15,16). The van der Waals surface area contributed by atoms with Crippen LogP contribution in [0, 0.1) is 0 Å². The maximum Gasteiger partial charge on any atom is 0.338 e. The molecule has 0 amide bonds. The fourth-order valence-electron chi connectivity index (χ4n) is 1.33. The SMILES string of the molecule is CCOC(=O)c1ccc(OCCCS(=O)(=O)O)cc1. The normalized spacial score (nSPS) is 11.1. The van der Waals surface area contributed by atoms with Gasteiger partial charge < -0.3 is 9.47 Å². The van der Waals surface area contributed by atoms with Crippen molar-refractivity contribution in [3.63, 3.8) is 0 Å². The maximum atomic E-state index is 11.4. The van der Waals surface area contributed by atoms with Gasteiger partial charge in [0.1, 0.15) is 5.75 Å². The number of carbonyl (C=O) groups excluding carboxylic acids is 1. The molecule has 0 saturated heterocycles. The summed E-state index contributed by atoms with van der Waals surface area (Å²) in [5, 5.41) is 0. The lowest BCUT2D eigenvalue weighted by Gasteiger charge is -2.06. The molecule has 0 aliphatic rings. The molecule has 0 aliphatic heterocycles. The largest absolute Gasteiger partial charge is 0.494 e. The molecule has 1 N–H and O–H groups in total. The quantitative estimate of drug-likeness (QED) is 0.465. The Bertz CT molecular complexity index is 506. The third kappa shape index (κ3) is 6.21. The number of hydrogen-bond acceptors (Lipinski definition) is 5. The van der Waals surface area contributed by atoms with E-state index in [2.05, 4.69) is 0 Å². The van der Waals surface area contributed by atoms with E-state index >= 15 is 0 Å². The molecule has 0 saturated carbocycles. The number of esters is 1. The zero-order chi connectivity index (χ0) is 14.3. The third-order valence-electron chi connectivity index (χ3n) is 2.18. The zero-order valence-electron chi connectivity index (χ0n) is 10.5. The van der Waals surface area contributed by atoms with Crippen LogP contribution in [0.1, 0.15) is 23.7 Å². The number of carbonyl (C=O) groups is 1. The van der Waals surface area contributed by atoms with Crippen LogP contribution in [0.3, 0.4) is 0 Å². The van der Waals surface area contributed by atoms with Gasteiger partial charge in [0.2, 0.25) is 0 Å². The van der Waals surface area contributed by atoms with Crippen LogP contribution in [0.2, 0.25) is 0 Å². The van der Waals surface area contributed by atoms with Crippen molar-refractivity contribution in [1.82, 2.24) is 0 Å². The summed E-state index contributed by atoms with van der Waals surface area (Å²) in [6, 6.07) is 6.33. The van der Waals surface area contributed by atoms with Crippen LogP contribution in [0.25, 0.3) is 0 Å². The summed E-state index contributed by atoms with van der Waals surface area (Å²) in [6.07, 6.45) is 0.193. The zero-order valence-corrected chi connectivity index (χ0v) is 11.4. The summed E-state index contributed by atoms with van der Waals surface area (Å²) in [6.45, 7) is 2.20. The van der Waals surface area contributed by atoms with Crippen LogP contribution in [0.4, 0.5) is 0 Å². The second-order valence-electron chi connectivity index (χ2n) is 3.73. The van der Waals surface area contributed by atoms with Crippen molar-refractivity contribution >= 4 is 16.1 Å². The molecule has 6 nitrogen and oxygen atoms in total. The molecule has 0 bridgehead atoms. The molecule has 0 atom stereocenters. The Morgan fingerprint density at radius 3 is 2.42 bits per heavy atom. The van der Waals surface area contributed by atoms with Gasteiger partial charge in [-0.3, -0.25) is 4.55 Å². The molecule has 0 aliphatic carbocycles. The van der Waals surface area contributed by atoms with E-state index < -0.39 is 16.1 Å². The number of ether oxygens (including phenoxy) is 2. The molecular formula is C12H16O6S. The Balaban J connectivity index is 2.42. The van der Waals surface area contributed by atoms with Gasteiger partial charge in [0.05, 0.1) is 24.5 Å². The monoisotopic (exact) mass is 288 g/mol. The van der Waals surface area contributed by atoms with Crippen molar-refractivity contribution in [3.05, 3.63) is 29.8 Å². The van der Waals surface area contributed by atoms with E-state index in [-0.39, 0.29) is 18.8 Å². The number of hydrogen-bond donors (Lipinski definition) is 1. The molecule has 1 aromatic carbocycles. The highest BCUT2D eigenvalue weighted by molar-refractivity contribution is 7.85. The van der Waals surface area contributed by atoms with Gasteiger partial charge in [0.15, 0.2) is 0 Å². The first kappa shape index (κ1) is 15.5. The Morgan fingerprint density at radius 2 is 1.89 bits per heavy atom. The second kappa shape index (κ2) is 7.10. The molecule has 0 fully saturated rings. The summed E-state index contributed by atoms with van der Waals surface area (Å²) in [5.74, 6) is -0.225. The van der Waals surface area contributed by atoms with E-state index in [4.69, 9.17) is 14.0 Å². The van der Waals surface area contributed by atoms with E-state index in [0.717, 1.165) is 0 Å². The lowest BCUT2D eigenvalue weighted by molar-refractivity contribution is 0.0526. The molecule has 0 aromatic heterocycles. The summed E-state index contributed by atoms with van der Waals surface area (Å²) in [5.41, 5.74) is 0.423. The minimum Gasteiger partial charge on any atom is -0.494 e. The van der Waals surface area contributed by atoms with Crippen molar-refractivity contribution in [1.29, 1.82) is 0 Å². The molecule has 1 rings (SSSR count). The highest BCUT2D eigenvalue weighted by Gasteiger charge is 2.06. The van der Waals surface area contributed by atoms with E-state index in [9.17, 15) is 13.2 Å². The van der Waals surface area contributed by atoms with Gasteiger partial charge in [-0.05, 0) is 37.6 Å². The van der Waals surface area contributed by atoms with Crippen molar-refractivity contribution in [2.45, 2.75) is 13.3 Å². The minimum atomic E-state index is -3.94. The van der Waals surface area contributed by atoms with Gasteiger partial charge in [-0.25, -0.2) is 4.79 Å². The minimum absolute atomic E-state index is 0.165. The smallest absolute Gasteiger partial charge is 0.338 e. The molecule has 0 spiro atoms. The van der Waals surface area contributed by atoms with E-state index in [1.165, 1.54) is 0 Å². The van der Waals surface area contributed by atoms with E-state index in [0.29, 0.717) is 17.9 Å². The van der Waals surface area contributed by atoms with Crippen LogP contribution >= 0.6 is 0 Å². The summed E-state index contributed by atoms with van der Waals surface area (Å²) < 4.78 is 39.6. The van der Waals surface area contributed by atoms with Gasteiger partial charge in [-0.15, -0.1) is 0 Å². The average Bonchev–Trinajstić information content (AvgIpc) is 2.34. The molecule has 106 valence electrons.